The maximum atomic E-state index is 11.0. The Hall–Kier alpha value is -3.14. The Kier molecular flexibility index (Phi) is 2.86. The van der Waals surface area contributed by atoms with Gasteiger partial charge in [0.1, 0.15) is 11.2 Å². The molecule has 4 rings (SSSR count). The first-order chi connectivity index (χ1) is 10.9. The van der Waals surface area contributed by atoms with Gasteiger partial charge in [-0.25, -0.2) is 4.68 Å². The van der Waals surface area contributed by atoms with Crippen LogP contribution < -0.4 is 0 Å². The summed E-state index contributed by atoms with van der Waals surface area (Å²) in [5, 5.41) is 4.67. The molecule has 4 aromatic rings. The summed E-state index contributed by atoms with van der Waals surface area (Å²) < 4.78 is 7.45. The molecule has 22 heavy (non-hydrogen) atoms. The van der Waals surface area contributed by atoms with Gasteiger partial charge in [0.05, 0.1) is 5.69 Å². The molecule has 0 N–H and O–H groups in total. The van der Waals surface area contributed by atoms with Crippen molar-refractivity contribution in [1.82, 2.24) is 9.78 Å². The van der Waals surface area contributed by atoms with E-state index in [-0.39, 0.29) is 0 Å². The SMILES string of the molecule is O=Cc1cc2c(o1)c(-c1ccccc1)nn2-c1ccccc1. The van der Waals surface area contributed by atoms with Crippen molar-refractivity contribution in [2.24, 2.45) is 0 Å². The number of furan rings is 1. The van der Waals surface area contributed by atoms with Crippen LogP contribution in [0.25, 0.3) is 28.0 Å². The van der Waals surface area contributed by atoms with Crippen LogP contribution in [0, 0.1) is 0 Å². The number of aromatic nitrogens is 2. The fraction of sp³-hybridized carbons (Fsp3) is 0. The number of benzene rings is 2. The molecule has 0 atom stereocenters. The molecule has 2 heterocycles. The second kappa shape index (κ2) is 5.00. The average molecular weight is 288 g/mol. The number of carbonyl (C=O) groups is 1. The Morgan fingerprint density at radius 2 is 1.64 bits per heavy atom. The Balaban J connectivity index is 2.02. The topological polar surface area (TPSA) is 48.0 Å². The van der Waals surface area contributed by atoms with Crippen LogP contribution in [0.5, 0.6) is 0 Å². The number of carbonyl (C=O) groups excluding carboxylic acids is 1. The molecule has 2 aromatic carbocycles. The van der Waals surface area contributed by atoms with Gasteiger partial charge >= 0.3 is 0 Å². The van der Waals surface area contributed by atoms with Crippen LogP contribution in [0.3, 0.4) is 0 Å². The van der Waals surface area contributed by atoms with Crippen molar-refractivity contribution in [3.8, 4) is 16.9 Å². The largest absolute Gasteiger partial charge is 0.449 e. The van der Waals surface area contributed by atoms with Gasteiger partial charge in [-0.2, -0.15) is 5.10 Å². The van der Waals surface area contributed by atoms with Gasteiger partial charge in [0, 0.05) is 11.6 Å². The zero-order valence-electron chi connectivity index (χ0n) is 11.6. The molecule has 0 fully saturated rings. The maximum Gasteiger partial charge on any atom is 0.185 e. The van der Waals surface area contributed by atoms with E-state index in [1.165, 1.54) is 0 Å². The second-order valence-electron chi connectivity index (χ2n) is 4.94. The zero-order valence-corrected chi connectivity index (χ0v) is 11.6. The van der Waals surface area contributed by atoms with Crippen LogP contribution in [-0.2, 0) is 0 Å². The fourth-order valence-corrected chi connectivity index (χ4v) is 2.54. The molecule has 4 nitrogen and oxygen atoms in total. The highest BCUT2D eigenvalue weighted by molar-refractivity contribution is 5.93. The lowest BCUT2D eigenvalue weighted by Crippen LogP contribution is -1.95. The highest BCUT2D eigenvalue weighted by Crippen LogP contribution is 2.31. The summed E-state index contributed by atoms with van der Waals surface area (Å²) >= 11 is 0. The van der Waals surface area contributed by atoms with Crippen LogP contribution in [-0.4, -0.2) is 16.1 Å². The third kappa shape index (κ3) is 1.93. The van der Waals surface area contributed by atoms with Crippen molar-refractivity contribution in [3.05, 3.63) is 72.5 Å². The van der Waals surface area contributed by atoms with Crippen LogP contribution in [0.15, 0.2) is 71.1 Å². The third-order valence-electron chi connectivity index (χ3n) is 3.54. The highest BCUT2D eigenvalue weighted by atomic mass is 16.3. The lowest BCUT2D eigenvalue weighted by atomic mass is 10.1. The highest BCUT2D eigenvalue weighted by Gasteiger charge is 2.18. The van der Waals surface area contributed by atoms with Gasteiger partial charge in [-0.1, -0.05) is 48.5 Å². The van der Waals surface area contributed by atoms with Crippen LogP contribution in [0.4, 0.5) is 0 Å². The summed E-state index contributed by atoms with van der Waals surface area (Å²) in [7, 11) is 0. The number of rotatable bonds is 3. The summed E-state index contributed by atoms with van der Waals surface area (Å²) in [4.78, 5) is 11.0. The van der Waals surface area contributed by atoms with E-state index >= 15 is 0 Å². The summed E-state index contributed by atoms with van der Waals surface area (Å²) in [5.74, 6) is 0.300. The minimum atomic E-state index is 0.300. The van der Waals surface area contributed by atoms with E-state index in [2.05, 4.69) is 5.10 Å². The minimum Gasteiger partial charge on any atom is -0.449 e. The van der Waals surface area contributed by atoms with Crippen LogP contribution in [0.1, 0.15) is 10.6 Å². The summed E-state index contributed by atoms with van der Waals surface area (Å²) in [6, 6.07) is 21.3. The Morgan fingerprint density at radius 3 is 2.32 bits per heavy atom. The zero-order chi connectivity index (χ0) is 14.9. The molecule has 0 unspecified atom stereocenters. The Morgan fingerprint density at radius 1 is 0.955 bits per heavy atom. The molecular formula is C18H12N2O2. The Bertz CT molecular complexity index is 865. The van der Waals surface area contributed by atoms with Crippen molar-refractivity contribution >= 4 is 17.4 Å². The normalized spacial score (nSPS) is 10.9. The van der Waals surface area contributed by atoms with E-state index in [1.54, 1.807) is 10.7 Å². The summed E-state index contributed by atoms with van der Waals surface area (Å²) in [6.45, 7) is 0. The van der Waals surface area contributed by atoms with Crippen molar-refractivity contribution in [2.45, 2.75) is 0 Å². The molecule has 0 aliphatic rings. The molecule has 0 bridgehead atoms. The molecule has 0 saturated heterocycles. The molecule has 0 amide bonds. The number of hydrogen-bond acceptors (Lipinski definition) is 3. The molecular weight excluding hydrogens is 276 g/mol. The molecule has 0 spiro atoms. The number of para-hydroxylation sites is 1. The molecule has 0 saturated carbocycles. The molecule has 0 aliphatic carbocycles. The van der Waals surface area contributed by atoms with E-state index in [0.717, 1.165) is 22.5 Å². The predicted molar refractivity (Wildman–Crippen MR) is 84.2 cm³/mol. The van der Waals surface area contributed by atoms with Gasteiger partial charge in [0.15, 0.2) is 17.6 Å². The summed E-state index contributed by atoms with van der Waals surface area (Å²) in [6.07, 6.45) is 0.712. The lowest BCUT2D eigenvalue weighted by Gasteiger charge is -2.01. The second-order valence-corrected chi connectivity index (χ2v) is 4.94. The van der Waals surface area contributed by atoms with Crippen LogP contribution >= 0.6 is 0 Å². The molecule has 0 aliphatic heterocycles. The number of aldehydes is 1. The molecule has 4 heteroatoms. The van der Waals surface area contributed by atoms with Crippen molar-refractivity contribution in [2.75, 3.05) is 0 Å². The minimum absolute atomic E-state index is 0.300. The fourth-order valence-electron chi connectivity index (χ4n) is 2.54. The monoisotopic (exact) mass is 288 g/mol. The third-order valence-corrected chi connectivity index (χ3v) is 3.54. The van der Waals surface area contributed by atoms with E-state index in [4.69, 9.17) is 4.42 Å². The van der Waals surface area contributed by atoms with E-state index in [0.29, 0.717) is 17.6 Å². The molecule has 106 valence electrons. The van der Waals surface area contributed by atoms with Gasteiger partial charge in [0.2, 0.25) is 0 Å². The quantitative estimate of drug-likeness (QED) is 0.533. The first-order valence-electron chi connectivity index (χ1n) is 6.95. The van der Waals surface area contributed by atoms with Gasteiger partial charge < -0.3 is 4.42 Å². The maximum absolute atomic E-state index is 11.0. The number of fused-ring (bicyclic) bond motifs is 1. The van der Waals surface area contributed by atoms with Gasteiger partial charge in [0.25, 0.3) is 0 Å². The Labute approximate surface area is 126 Å². The van der Waals surface area contributed by atoms with E-state index < -0.39 is 0 Å². The van der Waals surface area contributed by atoms with E-state index in [1.807, 2.05) is 60.7 Å². The standard InChI is InChI=1S/C18H12N2O2/c21-12-15-11-16-18(22-15)17(13-7-3-1-4-8-13)19-20(16)14-9-5-2-6-10-14/h1-12H. The first kappa shape index (κ1) is 12.6. The van der Waals surface area contributed by atoms with Gasteiger partial charge in [-0.15, -0.1) is 0 Å². The lowest BCUT2D eigenvalue weighted by molar-refractivity contribution is 0.110. The number of nitrogens with zero attached hydrogens (tertiary/aromatic N) is 2. The van der Waals surface area contributed by atoms with E-state index in [9.17, 15) is 4.79 Å². The smallest absolute Gasteiger partial charge is 0.185 e. The average Bonchev–Trinajstić information content (AvgIpc) is 3.15. The first-order valence-corrected chi connectivity index (χ1v) is 6.95. The molecule has 0 radical (unpaired) electrons. The van der Waals surface area contributed by atoms with Crippen molar-refractivity contribution in [1.29, 1.82) is 0 Å². The van der Waals surface area contributed by atoms with Crippen molar-refractivity contribution in [3.63, 3.8) is 0 Å². The van der Waals surface area contributed by atoms with Crippen LogP contribution in [0.2, 0.25) is 0 Å². The predicted octanol–water partition coefficient (Wildman–Crippen LogP) is 4.10. The van der Waals surface area contributed by atoms with Gasteiger partial charge in [-0.05, 0) is 12.1 Å². The number of hydrogen-bond donors (Lipinski definition) is 0. The van der Waals surface area contributed by atoms with Gasteiger partial charge in [-0.3, -0.25) is 4.79 Å². The molecule has 2 aromatic heterocycles. The van der Waals surface area contributed by atoms with Crippen molar-refractivity contribution < 1.29 is 9.21 Å². The summed E-state index contributed by atoms with van der Waals surface area (Å²) in [5.41, 5.74) is 4.01.